The van der Waals surface area contributed by atoms with Crippen molar-refractivity contribution >= 4 is 28.9 Å². The lowest BCUT2D eigenvalue weighted by atomic mass is 10.1. The zero-order chi connectivity index (χ0) is 19.4. The summed E-state index contributed by atoms with van der Waals surface area (Å²) in [5, 5.41) is 27.8. The van der Waals surface area contributed by atoms with Crippen LogP contribution in [0.3, 0.4) is 0 Å². The number of nitro groups is 2. The second kappa shape index (κ2) is 7.70. The standard InChI is InChI=1S/C17H13N5O4S/c1-18-17-20(19-10-12-2-6-14(7-3-12)21(23)24)16(11-27-17)13-4-8-15(9-5-13)22(25)26/h2-11H,1H3. The number of nitrogens with zero attached hydrogens (tertiary/aromatic N) is 5. The van der Waals surface area contributed by atoms with Gasteiger partial charge >= 0.3 is 0 Å². The van der Waals surface area contributed by atoms with Crippen molar-refractivity contribution in [2.75, 3.05) is 7.05 Å². The molecule has 10 heteroatoms. The molecule has 1 heterocycles. The number of nitro benzene ring substituents is 2. The molecule has 0 N–H and O–H groups in total. The number of non-ortho nitro benzene ring substituents is 2. The Morgan fingerprint density at radius 3 is 2.04 bits per heavy atom. The van der Waals surface area contributed by atoms with Gasteiger partial charge in [0.1, 0.15) is 0 Å². The summed E-state index contributed by atoms with van der Waals surface area (Å²) in [5.74, 6) is 0. The van der Waals surface area contributed by atoms with E-state index in [9.17, 15) is 20.2 Å². The Kier molecular flexibility index (Phi) is 5.18. The zero-order valence-corrected chi connectivity index (χ0v) is 14.9. The highest BCUT2D eigenvalue weighted by molar-refractivity contribution is 7.07. The minimum Gasteiger partial charge on any atom is -0.261 e. The topological polar surface area (TPSA) is 116 Å². The van der Waals surface area contributed by atoms with Gasteiger partial charge in [0.2, 0.25) is 4.80 Å². The molecule has 0 amide bonds. The fraction of sp³-hybridized carbons (Fsp3) is 0.0588. The summed E-state index contributed by atoms with van der Waals surface area (Å²) in [6.07, 6.45) is 1.57. The summed E-state index contributed by atoms with van der Waals surface area (Å²) in [5.41, 5.74) is 2.19. The number of hydrogen-bond donors (Lipinski definition) is 0. The van der Waals surface area contributed by atoms with E-state index in [2.05, 4.69) is 10.1 Å². The molecule has 27 heavy (non-hydrogen) atoms. The van der Waals surface area contributed by atoms with Gasteiger partial charge in [-0.25, -0.2) is 4.68 Å². The Morgan fingerprint density at radius 2 is 1.52 bits per heavy atom. The zero-order valence-electron chi connectivity index (χ0n) is 14.1. The van der Waals surface area contributed by atoms with Crippen LogP contribution >= 0.6 is 11.3 Å². The number of thiazole rings is 1. The van der Waals surface area contributed by atoms with Gasteiger partial charge in [-0.3, -0.25) is 25.2 Å². The molecule has 9 nitrogen and oxygen atoms in total. The maximum absolute atomic E-state index is 10.8. The average Bonchev–Trinajstić information content (AvgIpc) is 3.09. The fourth-order valence-corrected chi connectivity index (χ4v) is 3.12. The van der Waals surface area contributed by atoms with Crippen LogP contribution in [0.4, 0.5) is 11.4 Å². The van der Waals surface area contributed by atoms with Crippen molar-refractivity contribution in [3.05, 3.63) is 84.5 Å². The van der Waals surface area contributed by atoms with Crippen LogP contribution in [0.1, 0.15) is 5.56 Å². The van der Waals surface area contributed by atoms with Crippen molar-refractivity contribution in [3.63, 3.8) is 0 Å². The van der Waals surface area contributed by atoms with Gasteiger partial charge in [-0.2, -0.15) is 5.10 Å². The molecular weight excluding hydrogens is 370 g/mol. The Balaban J connectivity index is 1.96. The molecule has 1 aromatic heterocycles. The van der Waals surface area contributed by atoms with E-state index in [1.165, 1.54) is 35.6 Å². The molecule has 2 aromatic carbocycles. The normalized spacial score (nSPS) is 11.8. The summed E-state index contributed by atoms with van der Waals surface area (Å²) in [4.78, 5) is 25.4. The molecule has 0 aliphatic heterocycles. The van der Waals surface area contributed by atoms with Crippen molar-refractivity contribution in [3.8, 4) is 11.3 Å². The highest BCUT2D eigenvalue weighted by Gasteiger charge is 2.10. The third kappa shape index (κ3) is 3.96. The Labute approximate surface area is 156 Å². The van der Waals surface area contributed by atoms with Crippen LogP contribution in [-0.4, -0.2) is 27.8 Å². The summed E-state index contributed by atoms with van der Waals surface area (Å²) < 4.78 is 1.62. The van der Waals surface area contributed by atoms with Crippen LogP contribution in [0.15, 0.2) is 64.0 Å². The van der Waals surface area contributed by atoms with Crippen molar-refractivity contribution in [1.29, 1.82) is 0 Å². The average molecular weight is 383 g/mol. The fourth-order valence-electron chi connectivity index (χ4n) is 2.32. The first kappa shape index (κ1) is 18.1. The minimum absolute atomic E-state index is 0.00570. The van der Waals surface area contributed by atoms with Crippen LogP contribution in [0.2, 0.25) is 0 Å². The first-order valence-corrected chi connectivity index (χ1v) is 8.54. The molecule has 0 bridgehead atoms. The predicted octanol–water partition coefficient (Wildman–Crippen LogP) is 3.45. The predicted molar refractivity (Wildman–Crippen MR) is 102 cm³/mol. The maximum Gasteiger partial charge on any atom is 0.269 e. The molecule has 0 radical (unpaired) electrons. The third-order valence-corrected chi connectivity index (χ3v) is 4.58. The molecule has 0 aliphatic rings. The van der Waals surface area contributed by atoms with Crippen molar-refractivity contribution < 1.29 is 9.85 Å². The second-order valence-electron chi connectivity index (χ2n) is 5.34. The Hall–Kier alpha value is -3.66. The van der Waals surface area contributed by atoms with Gasteiger partial charge in [0.05, 0.1) is 21.8 Å². The number of hydrogen-bond acceptors (Lipinski definition) is 7. The molecule has 3 rings (SSSR count). The van der Waals surface area contributed by atoms with Gasteiger partial charge in [0, 0.05) is 42.3 Å². The van der Waals surface area contributed by atoms with Gasteiger partial charge in [0.25, 0.3) is 11.4 Å². The first-order valence-electron chi connectivity index (χ1n) is 7.66. The number of rotatable bonds is 5. The van der Waals surface area contributed by atoms with Crippen molar-refractivity contribution in [2.24, 2.45) is 10.1 Å². The van der Waals surface area contributed by atoms with Crippen LogP contribution in [0.25, 0.3) is 11.3 Å². The largest absolute Gasteiger partial charge is 0.269 e. The van der Waals surface area contributed by atoms with Crippen molar-refractivity contribution in [1.82, 2.24) is 4.68 Å². The quantitative estimate of drug-likeness (QED) is 0.381. The molecule has 0 unspecified atom stereocenters. The highest BCUT2D eigenvalue weighted by Crippen LogP contribution is 2.23. The smallest absolute Gasteiger partial charge is 0.261 e. The van der Waals surface area contributed by atoms with Crippen LogP contribution in [-0.2, 0) is 0 Å². The monoisotopic (exact) mass is 383 g/mol. The second-order valence-corrected chi connectivity index (χ2v) is 6.17. The molecule has 0 aliphatic carbocycles. The molecule has 0 spiro atoms. The van der Waals surface area contributed by atoms with Gasteiger partial charge in [0.15, 0.2) is 0 Å². The molecule has 0 saturated carbocycles. The van der Waals surface area contributed by atoms with Gasteiger partial charge < -0.3 is 0 Å². The van der Waals surface area contributed by atoms with Gasteiger partial charge in [-0.15, -0.1) is 11.3 Å². The maximum atomic E-state index is 10.8. The molecule has 136 valence electrons. The SMILES string of the molecule is CN=c1scc(-c2ccc([N+](=O)[O-])cc2)n1N=Cc1ccc([N+](=O)[O-])cc1. The minimum atomic E-state index is -0.463. The van der Waals surface area contributed by atoms with Gasteiger partial charge in [-0.05, 0) is 29.8 Å². The summed E-state index contributed by atoms with van der Waals surface area (Å²) in [6, 6.07) is 12.2. The molecule has 0 saturated heterocycles. The van der Waals surface area contributed by atoms with Crippen molar-refractivity contribution in [2.45, 2.75) is 0 Å². The lowest BCUT2D eigenvalue weighted by Gasteiger charge is -2.03. The van der Waals surface area contributed by atoms with E-state index >= 15 is 0 Å². The van der Waals surface area contributed by atoms with E-state index in [1.807, 2.05) is 5.38 Å². The van der Waals surface area contributed by atoms with E-state index in [1.54, 1.807) is 42.2 Å². The van der Waals surface area contributed by atoms with E-state index in [4.69, 9.17) is 0 Å². The number of benzene rings is 2. The lowest BCUT2D eigenvalue weighted by molar-refractivity contribution is -0.385. The van der Waals surface area contributed by atoms with Crippen LogP contribution in [0.5, 0.6) is 0 Å². The lowest BCUT2D eigenvalue weighted by Crippen LogP contribution is -2.11. The third-order valence-electron chi connectivity index (χ3n) is 3.68. The Morgan fingerprint density at radius 1 is 0.963 bits per heavy atom. The molecular formula is C17H13N5O4S. The van der Waals surface area contributed by atoms with E-state index in [0.29, 0.717) is 10.4 Å². The van der Waals surface area contributed by atoms with E-state index < -0.39 is 9.85 Å². The summed E-state index contributed by atoms with van der Waals surface area (Å²) in [7, 11) is 1.64. The van der Waals surface area contributed by atoms with Gasteiger partial charge in [-0.1, -0.05) is 0 Å². The molecule has 0 fully saturated rings. The summed E-state index contributed by atoms with van der Waals surface area (Å²) >= 11 is 1.38. The first-order chi connectivity index (χ1) is 13.0. The van der Waals surface area contributed by atoms with E-state index in [-0.39, 0.29) is 11.4 Å². The van der Waals surface area contributed by atoms with E-state index in [0.717, 1.165) is 11.3 Å². The Bertz CT molecular complexity index is 1080. The van der Waals surface area contributed by atoms with Crippen LogP contribution < -0.4 is 4.80 Å². The number of aromatic nitrogens is 1. The molecule has 3 aromatic rings. The summed E-state index contributed by atoms with van der Waals surface area (Å²) in [6.45, 7) is 0. The molecule has 0 atom stereocenters. The van der Waals surface area contributed by atoms with Crippen LogP contribution in [0, 0.1) is 20.2 Å². The highest BCUT2D eigenvalue weighted by atomic mass is 32.1.